The number of para-hydroxylation sites is 1. The molecule has 1 heterocycles. The lowest BCUT2D eigenvalue weighted by Crippen LogP contribution is -2.06. The van der Waals surface area contributed by atoms with Crippen LogP contribution < -0.4 is 10.1 Å². The van der Waals surface area contributed by atoms with Gasteiger partial charge in [0, 0.05) is 23.9 Å². The summed E-state index contributed by atoms with van der Waals surface area (Å²) in [4.78, 5) is 4.29. The molecule has 0 saturated carbocycles. The van der Waals surface area contributed by atoms with Crippen LogP contribution in [0.5, 0.6) is 11.5 Å². The molecule has 102 valence electrons. The maximum atomic E-state index is 9.26. The van der Waals surface area contributed by atoms with E-state index in [1.807, 2.05) is 45.2 Å². The van der Waals surface area contributed by atoms with Gasteiger partial charge in [0.15, 0.2) is 0 Å². The van der Waals surface area contributed by atoms with E-state index in [1.54, 1.807) is 6.07 Å². The highest BCUT2D eigenvalue weighted by Crippen LogP contribution is 2.29. The smallest absolute Gasteiger partial charge is 0.148 e. The molecule has 0 bridgehead atoms. The number of aryl methyl sites for hydroxylation is 2. The van der Waals surface area contributed by atoms with Crippen LogP contribution in [0.25, 0.3) is 0 Å². The fourth-order valence-electron chi connectivity index (χ4n) is 2.07. The van der Waals surface area contributed by atoms with Gasteiger partial charge >= 0.3 is 0 Å². The monoisotopic (exact) mass is 267 g/mol. The Hall–Kier alpha value is -2.38. The van der Waals surface area contributed by atoms with Crippen molar-refractivity contribution in [2.75, 3.05) is 7.05 Å². The third-order valence-electron chi connectivity index (χ3n) is 2.96. The first-order chi connectivity index (χ1) is 9.65. The van der Waals surface area contributed by atoms with Crippen molar-refractivity contribution in [2.24, 2.45) is 0 Å². The standard InChI is InChI=1S/C16H17N3O/c1-11-8-16(14(9-17)12(2)19-11)20-15-7-5-4-6-13(15)10-18-3/h4-8,18H,10H2,1-3H3. The van der Waals surface area contributed by atoms with E-state index in [2.05, 4.69) is 16.4 Å². The van der Waals surface area contributed by atoms with Crippen LogP contribution >= 0.6 is 0 Å². The number of benzene rings is 1. The average molecular weight is 267 g/mol. The summed E-state index contributed by atoms with van der Waals surface area (Å²) in [5.74, 6) is 1.31. The molecule has 0 aliphatic carbocycles. The first-order valence-corrected chi connectivity index (χ1v) is 6.44. The number of nitrogens with zero attached hydrogens (tertiary/aromatic N) is 2. The predicted octanol–water partition coefficient (Wildman–Crippen LogP) is 3.08. The van der Waals surface area contributed by atoms with Crippen molar-refractivity contribution in [1.29, 1.82) is 5.26 Å². The molecule has 1 aromatic heterocycles. The minimum Gasteiger partial charge on any atom is -0.456 e. The van der Waals surface area contributed by atoms with E-state index < -0.39 is 0 Å². The molecule has 4 nitrogen and oxygen atoms in total. The number of nitriles is 1. The topological polar surface area (TPSA) is 57.9 Å². The molecule has 0 amide bonds. The first kappa shape index (κ1) is 14.0. The summed E-state index contributed by atoms with van der Waals surface area (Å²) in [6, 6.07) is 11.7. The van der Waals surface area contributed by atoms with Gasteiger partial charge in [-0.3, -0.25) is 4.98 Å². The number of rotatable bonds is 4. The Labute approximate surface area is 119 Å². The zero-order valence-electron chi connectivity index (χ0n) is 11.9. The van der Waals surface area contributed by atoms with E-state index >= 15 is 0 Å². The van der Waals surface area contributed by atoms with Crippen LogP contribution in [-0.4, -0.2) is 12.0 Å². The molecule has 0 fully saturated rings. The maximum Gasteiger partial charge on any atom is 0.148 e. The normalized spacial score (nSPS) is 10.1. The second-order valence-corrected chi connectivity index (χ2v) is 4.57. The Morgan fingerprint density at radius 1 is 1.25 bits per heavy atom. The van der Waals surface area contributed by atoms with Crippen LogP contribution in [0.15, 0.2) is 30.3 Å². The van der Waals surface area contributed by atoms with Crippen LogP contribution in [0.1, 0.15) is 22.5 Å². The van der Waals surface area contributed by atoms with Gasteiger partial charge in [-0.1, -0.05) is 18.2 Å². The highest BCUT2D eigenvalue weighted by molar-refractivity contribution is 5.49. The molecule has 2 aromatic rings. The quantitative estimate of drug-likeness (QED) is 0.924. The van der Waals surface area contributed by atoms with Gasteiger partial charge in [0.2, 0.25) is 0 Å². The van der Waals surface area contributed by atoms with Crippen molar-refractivity contribution >= 4 is 0 Å². The third kappa shape index (κ3) is 2.95. The molecule has 0 saturated heterocycles. The van der Waals surface area contributed by atoms with Crippen molar-refractivity contribution < 1.29 is 4.74 Å². The lowest BCUT2D eigenvalue weighted by molar-refractivity contribution is 0.471. The predicted molar refractivity (Wildman–Crippen MR) is 77.7 cm³/mol. The van der Waals surface area contributed by atoms with E-state index in [9.17, 15) is 5.26 Å². The van der Waals surface area contributed by atoms with Crippen LogP contribution in [0.2, 0.25) is 0 Å². The molecular weight excluding hydrogens is 250 g/mol. The van der Waals surface area contributed by atoms with Crippen LogP contribution in [0.3, 0.4) is 0 Å². The molecule has 0 aliphatic heterocycles. The van der Waals surface area contributed by atoms with Gasteiger partial charge < -0.3 is 10.1 Å². The molecular formula is C16H17N3O. The number of hydrogen-bond acceptors (Lipinski definition) is 4. The minimum absolute atomic E-state index is 0.481. The molecule has 1 N–H and O–H groups in total. The molecule has 0 atom stereocenters. The van der Waals surface area contributed by atoms with Crippen molar-refractivity contribution in [1.82, 2.24) is 10.3 Å². The largest absolute Gasteiger partial charge is 0.456 e. The number of hydrogen-bond donors (Lipinski definition) is 1. The van der Waals surface area contributed by atoms with E-state index in [1.165, 1.54) is 0 Å². The molecule has 0 radical (unpaired) electrons. The number of nitrogens with one attached hydrogen (secondary N) is 1. The molecule has 4 heteroatoms. The van der Waals surface area contributed by atoms with Crippen LogP contribution in [0.4, 0.5) is 0 Å². The van der Waals surface area contributed by atoms with Gasteiger partial charge in [0.1, 0.15) is 23.1 Å². The van der Waals surface area contributed by atoms with E-state index in [0.29, 0.717) is 23.6 Å². The Morgan fingerprint density at radius 2 is 2.00 bits per heavy atom. The van der Waals surface area contributed by atoms with Crippen molar-refractivity contribution in [3.63, 3.8) is 0 Å². The minimum atomic E-state index is 0.481. The SMILES string of the molecule is CNCc1ccccc1Oc1cc(C)nc(C)c1C#N. The lowest BCUT2D eigenvalue weighted by Gasteiger charge is -2.13. The molecule has 0 unspecified atom stereocenters. The summed E-state index contributed by atoms with van der Waals surface area (Å²) >= 11 is 0. The molecule has 1 aromatic carbocycles. The fourth-order valence-corrected chi connectivity index (χ4v) is 2.07. The Morgan fingerprint density at radius 3 is 2.70 bits per heavy atom. The Bertz CT molecular complexity index is 659. The number of ether oxygens (including phenoxy) is 1. The second-order valence-electron chi connectivity index (χ2n) is 4.57. The number of pyridine rings is 1. The average Bonchev–Trinajstić information content (AvgIpc) is 2.41. The lowest BCUT2D eigenvalue weighted by atomic mass is 10.1. The summed E-state index contributed by atoms with van der Waals surface area (Å²) in [6.07, 6.45) is 0. The van der Waals surface area contributed by atoms with Crippen molar-refractivity contribution in [3.8, 4) is 17.6 Å². The number of aromatic nitrogens is 1. The van der Waals surface area contributed by atoms with E-state index in [4.69, 9.17) is 4.74 Å². The third-order valence-corrected chi connectivity index (χ3v) is 2.96. The molecule has 0 spiro atoms. The zero-order valence-corrected chi connectivity index (χ0v) is 11.9. The molecule has 2 rings (SSSR count). The van der Waals surface area contributed by atoms with Gasteiger partial charge in [0.05, 0.1) is 5.69 Å². The maximum absolute atomic E-state index is 9.26. The van der Waals surface area contributed by atoms with Crippen LogP contribution in [-0.2, 0) is 6.54 Å². The summed E-state index contributed by atoms with van der Waals surface area (Å²) < 4.78 is 5.94. The highest BCUT2D eigenvalue weighted by atomic mass is 16.5. The summed E-state index contributed by atoms with van der Waals surface area (Å²) in [5, 5.41) is 12.4. The van der Waals surface area contributed by atoms with Gasteiger partial charge in [-0.15, -0.1) is 0 Å². The first-order valence-electron chi connectivity index (χ1n) is 6.44. The molecule has 0 aliphatic rings. The summed E-state index contributed by atoms with van der Waals surface area (Å²) in [6.45, 7) is 4.42. The zero-order chi connectivity index (χ0) is 14.5. The molecule has 20 heavy (non-hydrogen) atoms. The fraction of sp³-hybridized carbons (Fsp3) is 0.250. The van der Waals surface area contributed by atoms with Crippen molar-refractivity contribution in [3.05, 3.63) is 52.8 Å². The van der Waals surface area contributed by atoms with Gasteiger partial charge in [-0.05, 0) is 27.0 Å². The Kier molecular flexibility index (Phi) is 4.34. The summed E-state index contributed by atoms with van der Waals surface area (Å²) in [7, 11) is 1.89. The van der Waals surface area contributed by atoms with Crippen LogP contribution in [0, 0.1) is 25.2 Å². The highest BCUT2D eigenvalue weighted by Gasteiger charge is 2.12. The van der Waals surface area contributed by atoms with Gasteiger partial charge in [-0.2, -0.15) is 5.26 Å². The van der Waals surface area contributed by atoms with E-state index in [-0.39, 0.29) is 0 Å². The van der Waals surface area contributed by atoms with E-state index in [0.717, 1.165) is 17.0 Å². The van der Waals surface area contributed by atoms with Gasteiger partial charge in [0.25, 0.3) is 0 Å². The second kappa shape index (κ2) is 6.18. The Balaban J connectivity index is 2.43. The van der Waals surface area contributed by atoms with Crippen molar-refractivity contribution in [2.45, 2.75) is 20.4 Å². The summed E-state index contributed by atoms with van der Waals surface area (Å²) in [5.41, 5.74) is 3.05. The van der Waals surface area contributed by atoms with Gasteiger partial charge in [-0.25, -0.2) is 0 Å².